The molecule has 0 atom stereocenters. The van der Waals surface area contributed by atoms with Gasteiger partial charge >= 0.3 is 0 Å². The molecule has 0 saturated heterocycles. The lowest BCUT2D eigenvalue weighted by Crippen LogP contribution is -2.17. The van der Waals surface area contributed by atoms with Crippen LogP contribution in [-0.2, 0) is 17.1 Å². The Kier molecular flexibility index (Phi) is 39.1. The molecule has 0 spiro atoms. The third-order valence-corrected chi connectivity index (χ3v) is 21.4. The summed E-state index contributed by atoms with van der Waals surface area (Å²) in [5, 5.41) is 0. The molecule has 0 amide bonds. The van der Waals surface area contributed by atoms with Gasteiger partial charge in [-0.15, -0.1) is 0 Å². The average molecular weight is 2070 g/mol. The number of hydrogen-bond acceptors (Lipinski definition) is 37. The second kappa shape index (κ2) is 50.6. The summed E-state index contributed by atoms with van der Waals surface area (Å²) in [6, 6.07) is 21.9. The molecule has 746 valence electrons. The number of rotatable bonds is 24. The largest absolute Gasteiger partial charge is 0.451 e. The number of aromatic amines is 1. The maximum absolute atomic E-state index is 11.8. The lowest BCUT2D eigenvalue weighted by molar-refractivity contribution is 0.466. The Morgan fingerprint density at radius 1 is 0.338 bits per heavy atom. The summed E-state index contributed by atoms with van der Waals surface area (Å²) >= 11 is 2.15. The monoisotopic (exact) mass is 2060 g/mol. The van der Waals surface area contributed by atoms with Gasteiger partial charge in [0.2, 0.25) is 10.0 Å². The van der Waals surface area contributed by atoms with Gasteiger partial charge in [0.15, 0.2) is 81.0 Å². The predicted octanol–water partition coefficient (Wildman–Crippen LogP) is 19.3. The Morgan fingerprint density at radius 3 is 1.01 bits per heavy atom. The number of nitrogen functional groups attached to an aromatic ring is 7. The number of nitrogens with one attached hydrogen (secondary N) is 2. The summed E-state index contributed by atoms with van der Waals surface area (Å²) in [4.78, 5) is 104. The van der Waals surface area contributed by atoms with Gasteiger partial charge in [0.1, 0.15) is 90.5 Å². The molecule has 14 aromatic heterocycles. The Hall–Kier alpha value is -15.9. The maximum atomic E-state index is 11.8. The molecular weight excluding hydrogens is 1940 g/mol. The van der Waals surface area contributed by atoms with Gasteiger partial charge in [0.05, 0.1) is 55.3 Å². The number of sulfonamides is 1. The number of nitrogens with two attached hydrogens (primary N) is 7. The van der Waals surface area contributed by atoms with Crippen molar-refractivity contribution in [3.05, 3.63) is 276 Å². The van der Waals surface area contributed by atoms with Crippen LogP contribution in [0.3, 0.4) is 0 Å². The standard InChI is InChI=1S/C19H20N4O.C14H19N5O3S.C14H18N4O2.C14H18N4O.C13H15IN4O.C13H16N4O2.C13H16N4O/c1-12(2)15-10-22-16(14-7-5-4-6-8-14)9-17(15)24-18-11-21-13(3)23-19(18)20;1-8(2)10-6-17-13(19-23(4,20)21)5-11(10)22-12-7-16-9(3)18-14(12)15;1-8(2)10-7-18(4)13(19)5-11(10)20-12-6-16-9(3)17-14(12)15;1-8(2)11-6-16-9(3)5-12(11)19-13-7-17-10(4)18-14(13)15;1-7(2)9-5-17-12(14)4-10(9)19-11-6-16-8(3)18-13(11)15;1-7(2)9-5-16-12(18)4-10(9)19-11-6-15-8(3)17-13(11)14;1-8(2)10-6-15-5-4-11(10)18-12-7-16-9(3)17-13(12)14/h4-12H,1-3H3,(H2,20,21,23);5-8H,1-4H3,(H,17,19)(H2,15,16,18);5-8H,1-4H3,(H2,15,16,17);5-8H,1-4H3,(H2,15,17,18);4-7H,1-3H3,(H2,15,16,18);4-7H,1-3H3,(H,16,18)(H2,14,15,17);4-8H,1-3H3,(H2,14,16,17). The van der Waals surface area contributed by atoms with Crippen LogP contribution in [0.5, 0.6) is 80.5 Å². The second-order valence-corrected chi connectivity index (χ2v) is 37.3. The molecule has 0 aliphatic carbocycles. The van der Waals surface area contributed by atoms with Crippen LogP contribution < -0.4 is 89.1 Å². The fourth-order valence-electron chi connectivity index (χ4n) is 12.8. The van der Waals surface area contributed by atoms with Crippen LogP contribution in [0.25, 0.3) is 11.3 Å². The quantitative estimate of drug-likeness (QED) is 0.0200. The maximum Gasteiger partial charge on any atom is 0.254 e. The van der Waals surface area contributed by atoms with E-state index in [0.717, 1.165) is 88.8 Å². The normalized spacial score (nSPS) is 10.9. The third-order valence-electron chi connectivity index (χ3n) is 20.2. The molecule has 15 rings (SSSR count). The number of pyridine rings is 7. The van der Waals surface area contributed by atoms with E-state index >= 15 is 0 Å². The van der Waals surface area contributed by atoms with E-state index in [1.807, 2.05) is 122 Å². The van der Waals surface area contributed by atoms with Crippen molar-refractivity contribution in [2.24, 2.45) is 7.05 Å². The number of H-pyrrole nitrogens is 1. The Balaban J connectivity index is 0.000000185. The molecule has 0 unspecified atom stereocenters. The second-order valence-electron chi connectivity index (χ2n) is 34.4. The molecule has 1 aromatic carbocycles. The van der Waals surface area contributed by atoms with Crippen LogP contribution in [0, 0.1) is 59.1 Å². The van der Waals surface area contributed by atoms with Gasteiger partial charge in [-0.2, -0.15) is 0 Å². The van der Waals surface area contributed by atoms with Gasteiger partial charge in [0, 0.05) is 143 Å². The summed E-state index contributed by atoms with van der Waals surface area (Å²) in [5.74, 6) is 15.4. The Morgan fingerprint density at radius 2 is 0.648 bits per heavy atom. The van der Waals surface area contributed by atoms with Crippen LogP contribution in [0.4, 0.5) is 46.5 Å². The molecule has 0 aliphatic heterocycles. The highest BCUT2D eigenvalue weighted by atomic mass is 127. The Bertz CT molecular complexity index is 6990. The highest BCUT2D eigenvalue weighted by molar-refractivity contribution is 14.1. The average Bonchev–Trinajstić information content (AvgIpc) is 0.825. The topological polar surface area (TPSA) is 593 Å². The minimum atomic E-state index is -3.43. The predicted molar refractivity (Wildman–Crippen MR) is 559 cm³/mol. The van der Waals surface area contributed by atoms with Crippen LogP contribution >= 0.6 is 22.6 Å². The molecule has 0 fully saturated rings. The first-order chi connectivity index (χ1) is 67.1. The van der Waals surface area contributed by atoms with Crippen molar-refractivity contribution in [3.8, 4) is 91.8 Å². The van der Waals surface area contributed by atoms with Crippen molar-refractivity contribution in [1.29, 1.82) is 0 Å². The van der Waals surface area contributed by atoms with E-state index in [0.29, 0.717) is 139 Å². The fourth-order valence-corrected chi connectivity index (χ4v) is 13.7. The van der Waals surface area contributed by atoms with Crippen LogP contribution in [0.2, 0.25) is 0 Å². The van der Waals surface area contributed by atoms with Crippen molar-refractivity contribution in [2.45, 2.75) is 194 Å². The van der Waals surface area contributed by atoms with Crippen LogP contribution in [-0.4, -0.2) is 119 Å². The van der Waals surface area contributed by atoms with E-state index in [1.54, 1.807) is 111 Å². The van der Waals surface area contributed by atoms with Gasteiger partial charge < -0.3 is 82.8 Å². The van der Waals surface area contributed by atoms with Crippen molar-refractivity contribution >= 4 is 79.2 Å². The summed E-state index contributed by atoms with van der Waals surface area (Å²) in [6.45, 7) is 43.0. The molecule has 42 heteroatoms. The number of ether oxygens (including phenoxy) is 7. The number of aromatic nitrogens is 21. The zero-order valence-corrected chi connectivity index (χ0v) is 86.9. The number of aryl methyl sites for hydroxylation is 9. The smallest absolute Gasteiger partial charge is 0.254 e. The highest BCUT2D eigenvalue weighted by Gasteiger charge is 2.23. The highest BCUT2D eigenvalue weighted by Crippen LogP contribution is 2.41. The van der Waals surface area contributed by atoms with Crippen molar-refractivity contribution in [2.75, 3.05) is 51.1 Å². The Labute approximate surface area is 838 Å². The van der Waals surface area contributed by atoms with E-state index < -0.39 is 10.0 Å². The minimum Gasteiger partial charge on any atom is -0.451 e. The molecule has 0 saturated carbocycles. The van der Waals surface area contributed by atoms with Crippen LogP contribution in [0.1, 0.15) is 224 Å². The number of nitrogens with zero attached hydrogens (tertiary/aromatic N) is 20. The number of hydrogen-bond donors (Lipinski definition) is 9. The lowest BCUT2D eigenvalue weighted by atomic mass is 10.0. The molecular formula is C100H122IN29O11S. The van der Waals surface area contributed by atoms with E-state index in [2.05, 4.69) is 182 Å². The van der Waals surface area contributed by atoms with Gasteiger partial charge in [-0.25, -0.2) is 88.2 Å². The molecule has 0 aliphatic rings. The van der Waals surface area contributed by atoms with Gasteiger partial charge in [-0.1, -0.05) is 127 Å². The molecule has 15 aromatic rings. The van der Waals surface area contributed by atoms with Crippen molar-refractivity contribution in [1.82, 2.24) is 104 Å². The third kappa shape index (κ3) is 32.6. The number of benzene rings is 1. The van der Waals surface area contributed by atoms with Gasteiger partial charge in [-0.3, -0.25) is 29.3 Å². The summed E-state index contributed by atoms with van der Waals surface area (Å²) in [7, 11) is -1.72. The zero-order chi connectivity index (χ0) is 104. The summed E-state index contributed by atoms with van der Waals surface area (Å²) in [5.41, 5.74) is 50.0. The summed E-state index contributed by atoms with van der Waals surface area (Å²) in [6.07, 6.45) is 25.9. The molecule has 0 radical (unpaired) electrons. The van der Waals surface area contributed by atoms with Gasteiger partial charge in [0.25, 0.3) is 11.1 Å². The van der Waals surface area contributed by atoms with Crippen molar-refractivity contribution in [3.63, 3.8) is 0 Å². The van der Waals surface area contributed by atoms with Gasteiger partial charge in [-0.05, 0) is 125 Å². The summed E-state index contributed by atoms with van der Waals surface area (Å²) < 4.78 is 68.1. The first-order valence-electron chi connectivity index (χ1n) is 45.0. The molecule has 142 heavy (non-hydrogen) atoms. The fraction of sp³-hybridized carbons (Fsp3) is 0.310. The lowest BCUT2D eigenvalue weighted by Gasteiger charge is -2.15. The van der Waals surface area contributed by atoms with E-state index in [-0.39, 0.29) is 58.1 Å². The first-order valence-corrected chi connectivity index (χ1v) is 47.9. The number of anilines is 8. The minimum absolute atomic E-state index is 0.123. The van der Waals surface area contributed by atoms with Crippen LogP contribution in [0.15, 0.2) is 175 Å². The first kappa shape index (κ1) is 110. The van der Waals surface area contributed by atoms with Crippen molar-refractivity contribution < 1.29 is 41.6 Å². The number of halogens is 1. The SMILES string of the molecule is Cc1cc(Oc2cnc(C)nc2N)c(C(C)C)cn1.Cc1ncc(Oc2cc(-c3ccccc3)ncc2C(C)C)c(N)n1.Cc1ncc(Oc2cc(=O)[nH]cc2C(C)C)c(N)n1.Cc1ncc(Oc2cc(=O)n(C)cc2C(C)C)c(N)n1.Cc1ncc(Oc2cc(I)ncc2C(C)C)c(N)n1.Cc1ncc(Oc2cc(NS(C)(=O)=O)ncc2C(C)C)c(N)n1.Cc1ncc(Oc2ccncc2C(C)C)c(N)n1. The molecule has 16 N–H and O–H groups in total. The molecule has 40 nitrogen and oxygen atoms in total. The van der Waals surface area contributed by atoms with E-state index in [1.165, 1.54) is 41.4 Å². The van der Waals surface area contributed by atoms with E-state index in [4.69, 9.17) is 73.3 Å². The zero-order valence-electron chi connectivity index (χ0n) is 83.9. The molecule has 0 bridgehead atoms. The van der Waals surface area contributed by atoms with E-state index in [9.17, 15) is 18.0 Å². The molecule has 14 heterocycles.